The summed E-state index contributed by atoms with van der Waals surface area (Å²) in [6, 6.07) is 8.47. The van der Waals surface area contributed by atoms with Crippen molar-refractivity contribution >= 4 is 11.6 Å². The number of nitrogens with zero attached hydrogens (tertiary/aromatic N) is 1. The number of para-hydroxylation sites is 1. The molecule has 4 heterocycles. The van der Waals surface area contributed by atoms with Crippen LogP contribution in [0, 0.1) is 5.92 Å². The summed E-state index contributed by atoms with van der Waals surface area (Å²) in [6.45, 7) is 3.46. The third kappa shape index (κ3) is 2.08. The number of fused-ring (bicyclic) bond motifs is 4. The maximum atomic E-state index is 12.5. The Kier molecular flexibility index (Phi) is 2.91. The van der Waals surface area contributed by atoms with Crippen molar-refractivity contribution in [3.8, 4) is 0 Å². The predicted octanol–water partition coefficient (Wildman–Crippen LogP) is 1.23. The summed E-state index contributed by atoms with van der Waals surface area (Å²) in [5.74, 6) is 0.854. The Morgan fingerprint density at radius 2 is 2.05 bits per heavy atom. The second-order valence-electron chi connectivity index (χ2n) is 6.31. The minimum atomic E-state index is -0.0946. The van der Waals surface area contributed by atoms with Crippen molar-refractivity contribution in [2.24, 2.45) is 5.92 Å². The molecule has 4 heteroatoms. The van der Waals surface area contributed by atoms with Crippen molar-refractivity contribution in [2.45, 2.75) is 31.3 Å². The summed E-state index contributed by atoms with van der Waals surface area (Å²) >= 11 is 0. The lowest BCUT2D eigenvalue weighted by Crippen LogP contribution is -2.58. The maximum absolute atomic E-state index is 12.5. The first-order chi connectivity index (χ1) is 9.79. The number of anilines is 1. The topological polar surface area (TPSA) is 44.4 Å². The number of carbonyl (C=O) groups excluding carboxylic acids is 1. The van der Waals surface area contributed by atoms with E-state index < -0.39 is 0 Å². The van der Waals surface area contributed by atoms with E-state index in [1.165, 1.54) is 31.5 Å². The highest BCUT2D eigenvalue weighted by Crippen LogP contribution is 2.29. The number of benzene rings is 1. The largest absolute Gasteiger partial charge is 0.373 e. The number of rotatable bonds is 2. The molecule has 0 spiro atoms. The van der Waals surface area contributed by atoms with Crippen molar-refractivity contribution in [3.05, 3.63) is 29.8 Å². The van der Waals surface area contributed by atoms with Gasteiger partial charge in [0.25, 0.3) is 0 Å². The molecular weight excluding hydrogens is 250 g/mol. The standard InChI is InChI=1S/C16H21N3O/c20-16(14-9-12-3-1-2-4-13(12)17-14)18-15-10-19-7-5-11(15)6-8-19/h1-4,11,14-15,17H,5-10H2,(H,18,20). The number of piperidine rings is 3. The summed E-state index contributed by atoms with van der Waals surface area (Å²) < 4.78 is 0. The molecule has 4 aliphatic heterocycles. The van der Waals surface area contributed by atoms with Gasteiger partial charge in [-0.3, -0.25) is 4.79 Å². The van der Waals surface area contributed by atoms with Crippen LogP contribution in [0.25, 0.3) is 0 Å². The number of hydrogen-bond donors (Lipinski definition) is 2. The molecule has 106 valence electrons. The van der Waals surface area contributed by atoms with Gasteiger partial charge in [-0.1, -0.05) is 18.2 Å². The third-order valence-electron chi connectivity index (χ3n) is 5.07. The molecule has 3 saturated heterocycles. The fourth-order valence-corrected chi connectivity index (χ4v) is 3.87. The Morgan fingerprint density at radius 1 is 1.25 bits per heavy atom. The maximum Gasteiger partial charge on any atom is 0.243 e. The van der Waals surface area contributed by atoms with E-state index in [2.05, 4.69) is 27.7 Å². The molecule has 20 heavy (non-hydrogen) atoms. The van der Waals surface area contributed by atoms with Crippen molar-refractivity contribution in [3.63, 3.8) is 0 Å². The molecule has 2 bridgehead atoms. The van der Waals surface area contributed by atoms with Crippen LogP contribution >= 0.6 is 0 Å². The van der Waals surface area contributed by atoms with Gasteiger partial charge >= 0.3 is 0 Å². The SMILES string of the molecule is O=C(NC1CN2CCC1CC2)C1Cc2ccccc2N1. The number of amides is 1. The lowest BCUT2D eigenvalue weighted by Gasteiger charge is -2.45. The molecule has 4 nitrogen and oxygen atoms in total. The Hall–Kier alpha value is -1.55. The van der Waals surface area contributed by atoms with Gasteiger partial charge in [-0.15, -0.1) is 0 Å². The highest BCUT2D eigenvalue weighted by molar-refractivity contribution is 5.87. The molecule has 1 amide bonds. The molecular formula is C16H21N3O. The summed E-state index contributed by atoms with van der Waals surface area (Å²) in [5.41, 5.74) is 2.36. The second kappa shape index (κ2) is 4.77. The van der Waals surface area contributed by atoms with Crippen LogP contribution in [-0.2, 0) is 11.2 Å². The molecule has 4 aliphatic rings. The van der Waals surface area contributed by atoms with Gasteiger partial charge in [0.05, 0.1) is 0 Å². The van der Waals surface area contributed by atoms with E-state index in [1.54, 1.807) is 0 Å². The first-order valence-electron chi connectivity index (χ1n) is 7.67. The van der Waals surface area contributed by atoms with Gasteiger partial charge in [-0.05, 0) is 43.5 Å². The van der Waals surface area contributed by atoms with Crippen LogP contribution < -0.4 is 10.6 Å². The highest BCUT2D eigenvalue weighted by Gasteiger charge is 2.36. The minimum Gasteiger partial charge on any atom is -0.373 e. The Labute approximate surface area is 119 Å². The monoisotopic (exact) mass is 271 g/mol. The molecule has 2 atom stereocenters. The number of nitrogens with one attached hydrogen (secondary N) is 2. The van der Waals surface area contributed by atoms with Crippen LogP contribution in [0.5, 0.6) is 0 Å². The zero-order valence-corrected chi connectivity index (χ0v) is 11.6. The smallest absolute Gasteiger partial charge is 0.243 e. The van der Waals surface area contributed by atoms with Crippen molar-refractivity contribution < 1.29 is 4.79 Å². The van der Waals surface area contributed by atoms with Crippen molar-refractivity contribution in [1.82, 2.24) is 10.2 Å². The van der Waals surface area contributed by atoms with Gasteiger partial charge in [-0.2, -0.15) is 0 Å². The normalized spacial score (nSPS) is 34.4. The zero-order chi connectivity index (χ0) is 13.5. The fraction of sp³-hybridized carbons (Fsp3) is 0.562. The van der Waals surface area contributed by atoms with Crippen LogP contribution in [-0.4, -0.2) is 42.5 Å². The van der Waals surface area contributed by atoms with E-state index in [0.29, 0.717) is 12.0 Å². The summed E-state index contributed by atoms with van der Waals surface area (Å²) in [5, 5.41) is 6.63. The van der Waals surface area contributed by atoms with Gasteiger partial charge in [0.2, 0.25) is 5.91 Å². The van der Waals surface area contributed by atoms with Crippen LogP contribution in [0.15, 0.2) is 24.3 Å². The fourth-order valence-electron chi connectivity index (χ4n) is 3.87. The van der Waals surface area contributed by atoms with E-state index in [0.717, 1.165) is 18.7 Å². The quantitative estimate of drug-likeness (QED) is 0.850. The average Bonchev–Trinajstić information content (AvgIpc) is 2.92. The highest BCUT2D eigenvalue weighted by atomic mass is 16.2. The summed E-state index contributed by atoms with van der Waals surface area (Å²) in [7, 11) is 0. The zero-order valence-electron chi connectivity index (χ0n) is 11.6. The molecule has 0 radical (unpaired) electrons. The number of hydrogen-bond acceptors (Lipinski definition) is 3. The van der Waals surface area contributed by atoms with Gasteiger partial charge in [0.15, 0.2) is 0 Å². The second-order valence-corrected chi connectivity index (χ2v) is 6.31. The first kappa shape index (κ1) is 12.2. The number of carbonyl (C=O) groups is 1. The lowest BCUT2D eigenvalue weighted by atomic mass is 9.84. The van der Waals surface area contributed by atoms with E-state index in [1.807, 2.05) is 12.1 Å². The van der Waals surface area contributed by atoms with Crippen LogP contribution in [0.2, 0.25) is 0 Å². The Bertz CT molecular complexity index is 497. The first-order valence-corrected chi connectivity index (χ1v) is 7.67. The van der Waals surface area contributed by atoms with Gasteiger partial charge < -0.3 is 15.5 Å². The molecule has 0 aromatic heterocycles. The molecule has 2 unspecified atom stereocenters. The molecule has 1 aromatic carbocycles. The van der Waals surface area contributed by atoms with E-state index in [-0.39, 0.29) is 11.9 Å². The lowest BCUT2D eigenvalue weighted by molar-refractivity contribution is -0.123. The van der Waals surface area contributed by atoms with E-state index >= 15 is 0 Å². The average molecular weight is 271 g/mol. The van der Waals surface area contributed by atoms with E-state index in [9.17, 15) is 4.79 Å². The third-order valence-corrected chi connectivity index (χ3v) is 5.07. The van der Waals surface area contributed by atoms with Gasteiger partial charge in [0, 0.05) is 24.7 Å². The summed E-state index contributed by atoms with van der Waals surface area (Å²) in [4.78, 5) is 14.9. The van der Waals surface area contributed by atoms with Crippen molar-refractivity contribution in [2.75, 3.05) is 25.0 Å². The molecule has 5 rings (SSSR count). The summed E-state index contributed by atoms with van der Waals surface area (Å²) in [6.07, 6.45) is 3.29. The minimum absolute atomic E-state index is 0.0946. The molecule has 3 fully saturated rings. The van der Waals surface area contributed by atoms with Gasteiger partial charge in [-0.25, -0.2) is 0 Å². The molecule has 1 aromatic rings. The molecule has 0 aliphatic carbocycles. The van der Waals surface area contributed by atoms with Crippen LogP contribution in [0.4, 0.5) is 5.69 Å². The van der Waals surface area contributed by atoms with Crippen LogP contribution in [0.1, 0.15) is 18.4 Å². The van der Waals surface area contributed by atoms with Crippen LogP contribution in [0.3, 0.4) is 0 Å². The van der Waals surface area contributed by atoms with Crippen molar-refractivity contribution in [1.29, 1.82) is 0 Å². The molecule has 2 N–H and O–H groups in total. The van der Waals surface area contributed by atoms with Gasteiger partial charge in [0.1, 0.15) is 6.04 Å². The predicted molar refractivity (Wildman–Crippen MR) is 78.7 cm³/mol. The molecule has 0 saturated carbocycles. The Morgan fingerprint density at radius 3 is 2.75 bits per heavy atom. The Balaban J connectivity index is 1.40. The van der Waals surface area contributed by atoms with E-state index in [4.69, 9.17) is 0 Å².